The normalized spacial score (nSPS) is 12.3. The van der Waals surface area contributed by atoms with Crippen molar-refractivity contribution in [1.82, 2.24) is 25.5 Å². The molecule has 0 saturated carbocycles. The van der Waals surface area contributed by atoms with Gasteiger partial charge < -0.3 is 15.1 Å². The van der Waals surface area contributed by atoms with Gasteiger partial charge in [-0.05, 0) is 53.6 Å². The number of aromatic nitrogens is 4. The first-order valence-electron chi connectivity index (χ1n) is 9.92. The summed E-state index contributed by atoms with van der Waals surface area (Å²) in [4.78, 5) is 12.8. The Labute approximate surface area is 178 Å². The average molecular weight is 422 g/mol. The molecule has 0 fully saturated rings. The Morgan fingerprint density at radius 1 is 1.19 bits per heavy atom. The molecular formula is C22H23FN6O2. The fourth-order valence-corrected chi connectivity index (χ4v) is 3.56. The molecule has 0 unspecified atom stereocenters. The second-order valence-electron chi connectivity index (χ2n) is 7.76. The smallest absolute Gasteiger partial charge is 0.319 e. The second kappa shape index (κ2) is 8.17. The summed E-state index contributed by atoms with van der Waals surface area (Å²) in [6, 6.07) is 10.9. The van der Waals surface area contributed by atoms with Crippen LogP contribution in [-0.2, 0) is 7.05 Å². The first kappa shape index (κ1) is 20.5. The summed E-state index contributed by atoms with van der Waals surface area (Å²) in [5, 5.41) is 18.0. The number of nitrogens with one attached hydrogen (secondary N) is 2. The summed E-state index contributed by atoms with van der Waals surface area (Å²) >= 11 is 0. The van der Waals surface area contributed by atoms with E-state index in [1.165, 1.54) is 12.1 Å². The molecule has 0 bridgehead atoms. The van der Waals surface area contributed by atoms with Gasteiger partial charge in [0.2, 0.25) is 0 Å². The van der Waals surface area contributed by atoms with Gasteiger partial charge in [0, 0.05) is 29.2 Å². The molecule has 2 amide bonds. The number of benzene rings is 2. The van der Waals surface area contributed by atoms with Gasteiger partial charge >= 0.3 is 6.03 Å². The number of anilines is 1. The number of carbonyl (C=O) groups excluding carboxylic acids is 1. The van der Waals surface area contributed by atoms with Gasteiger partial charge in [0.1, 0.15) is 17.2 Å². The molecule has 0 aliphatic heterocycles. The van der Waals surface area contributed by atoms with Crippen molar-refractivity contribution < 1.29 is 13.6 Å². The fraction of sp³-hybridized carbons (Fsp3) is 0.273. The molecule has 8 nitrogen and oxygen atoms in total. The molecule has 4 aromatic rings. The largest absolute Gasteiger partial charge is 0.459 e. The van der Waals surface area contributed by atoms with Crippen LogP contribution in [0.15, 0.2) is 46.9 Å². The highest BCUT2D eigenvalue weighted by atomic mass is 19.1. The summed E-state index contributed by atoms with van der Waals surface area (Å²) < 4.78 is 21.2. The number of tetrazole rings is 1. The highest BCUT2D eigenvalue weighted by Gasteiger charge is 2.25. The Morgan fingerprint density at radius 3 is 2.71 bits per heavy atom. The number of fused-ring (bicyclic) bond motifs is 1. The van der Waals surface area contributed by atoms with Crippen LogP contribution in [0.4, 0.5) is 14.9 Å². The van der Waals surface area contributed by atoms with Gasteiger partial charge in [-0.3, -0.25) is 0 Å². The molecule has 31 heavy (non-hydrogen) atoms. The zero-order chi connectivity index (χ0) is 22.1. The molecule has 9 heteroatoms. The number of amides is 2. The minimum absolute atomic E-state index is 0.0471. The Bertz CT molecular complexity index is 1250. The van der Waals surface area contributed by atoms with Crippen LogP contribution in [0.25, 0.3) is 22.4 Å². The highest BCUT2D eigenvalue weighted by molar-refractivity contribution is 5.90. The lowest BCUT2D eigenvalue weighted by Crippen LogP contribution is -2.35. The fourth-order valence-electron chi connectivity index (χ4n) is 3.56. The summed E-state index contributed by atoms with van der Waals surface area (Å²) in [5.41, 5.74) is 2.78. The second-order valence-corrected chi connectivity index (χ2v) is 7.76. The Morgan fingerprint density at radius 2 is 2.00 bits per heavy atom. The van der Waals surface area contributed by atoms with Crippen molar-refractivity contribution in [3.8, 4) is 11.4 Å². The van der Waals surface area contributed by atoms with Gasteiger partial charge in [-0.25, -0.2) is 13.9 Å². The van der Waals surface area contributed by atoms with Crippen LogP contribution in [-0.4, -0.2) is 26.2 Å². The number of rotatable bonds is 5. The lowest BCUT2D eigenvalue weighted by atomic mass is 9.98. The number of hydrogen-bond donors (Lipinski definition) is 2. The molecule has 160 valence electrons. The van der Waals surface area contributed by atoms with E-state index in [1.807, 2.05) is 32.9 Å². The van der Waals surface area contributed by atoms with E-state index in [2.05, 4.69) is 26.2 Å². The Hall–Kier alpha value is -3.75. The van der Waals surface area contributed by atoms with Gasteiger partial charge in [-0.1, -0.05) is 26.0 Å². The number of carbonyl (C=O) groups is 1. The minimum atomic E-state index is -0.387. The van der Waals surface area contributed by atoms with Gasteiger partial charge in [-0.2, -0.15) is 0 Å². The van der Waals surface area contributed by atoms with E-state index >= 15 is 0 Å². The third-order valence-corrected chi connectivity index (χ3v) is 5.17. The number of nitrogens with zero attached hydrogens (tertiary/aromatic N) is 4. The number of hydrogen-bond acceptors (Lipinski definition) is 5. The number of aryl methyl sites for hydroxylation is 2. The van der Waals surface area contributed by atoms with Gasteiger partial charge in [0.25, 0.3) is 0 Å². The maximum Gasteiger partial charge on any atom is 0.319 e. The van der Waals surface area contributed by atoms with Crippen LogP contribution in [0.3, 0.4) is 0 Å². The van der Waals surface area contributed by atoms with E-state index in [1.54, 1.807) is 29.9 Å². The van der Waals surface area contributed by atoms with Crippen LogP contribution in [0.2, 0.25) is 0 Å². The van der Waals surface area contributed by atoms with Crippen LogP contribution in [0.5, 0.6) is 0 Å². The van der Waals surface area contributed by atoms with E-state index < -0.39 is 0 Å². The Kier molecular flexibility index (Phi) is 5.41. The maximum absolute atomic E-state index is 13.7. The monoisotopic (exact) mass is 422 g/mol. The first-order valence-corrected chi connectivity index (χ1v) is 9.92. The van der Waals surface area contributed by atoms with E-state index in [9.17, 15) is 9.18 Å². The zero-order valence-electron chi connectivity index (χ0n) is 17.7. The third kappa shape index (κ3) is 4.11. The maximum atomic E-state index is 13.7. The number of furan rings is 1. The SMILES string of the molecule is Cc1c([C@H](NC(=O)Nc2cccc(-c3nnnn3C)c2)C(C)C)oc2ccc(F)cc12. The van der Waals surface area contributed by atoms with Gasteiger partial charge in [0.15, 0.2) is 5.82 Å². The lowest BCUT2D eigenvalue weighted by molar-refractivity contribution is 0.241. The molecule has 0 saturated heterocycles. The van der Waals surface area contributed by atoms with Crippen LogP contribution in [0.1, 0.15) is 31.2 Å². The van der Waals surface area contributed by atoms with Crippen LogP contribution >= 0.6 is 0 Å². The topological polar surface area (TPSA) is 97.9 Å². The molecule has 2 aromatic carbocycles. The Balaban J connectivity index is 1.55. The van der Waals surface area contributed by atoms with Gasteiger partial charge in [0.05, 0.1) is 6.04 Å². The average Bonchev–Trinajstić information content (AvgIpc) is 3.29. The van der Waals surface area contributed by atoms with E-state index in [-0.39, 0.29) is 23.8 Å². The summed E-state index contributed by atoms with van der Waals surface area (Å²) in [7, 11) is 1.75. The van der Waals surface area contributed by atoms with Crippen molar-refractivity contribution in [2.45, 2.75) is 26.8 Å². The van der Waals surface area contributed by atoms with Crippen molar-refractivity contribution in [1.29, 1.82) is 0 Å². The molecule has 0 aliphatic carbocycles. The minimum Gasteiger partial charge on any atom is -0.459 e. The van der Waals surface area contributed by atoms with Crippen molar-refractivity contribution in [3.05, 3.63) is 59.6 Å². The summed E-state index contributed by atoms with van der Waals surface area (Å²) in [5.74, 6) is 0.928. The van der Waals surface area contributed by atoms with Crippen molar-refractivity contribution >= 4 is 22.7 Å². The van der Waals surface area contributed by atoms with Crippen molar-refractivity contribution in [2.24, 2.45) is 13.0 Å². The number of urea groups is 1. The molecule has 4 rings (SSSR count). The molecule has 0 radical (unpaired) electrons. The summed E-state index contributed by atoms with van der Waals surface area (Å²) in [6.07, 6.45) is 0. The van der Waals surface area contributed by atoms with Crippen LogP contribution < -0.4 is 10.6 Å². The molecule has 2 aromatic heterocycles. The molecule has 2 N–H and O–H groups in total. The summed E-state index contributed by atoms with van der Waals surface area (Å²) in [6.45, 7) is 5.84. The van der Waals surface area contributed by atoms with E-state index in [0.29, 0.717) is 28.2 Å². The third-order valence-electron chi connectivity index (χ3n) is 5.17. The number of halogens is 1. The molecule has 0 aliphatic rings. The van der Waals surface area contributed by atoms with Gasteiger partial charge in [-0.15, -0.1) is 5.10 Å². The molecule has 1 atom stereocenters. The first-order chi connectivity index (χ1) is 14.8. The van der Waals surface area contributed by atoms with E-state index in [0.717, 1.165) is 11.1 Å². The molecular weight excluding hydrogens is 399 g/mol. The predicted octanol–water partition coefficient (Wildman–Crippen LogP) is 4.59. The van der Waals surface area contributed by atoms with E-state index in [4.69, 9.17) is 4.42 Å². The highest BCUT2D eigenvalue weighted by Crippen LogP contribution is 2.33. The predicted molar refractivity (Wildman–Crippen MR) is 115 cm³/mol. The molecule has 0 spiro atoms. The molecule has 2 heterocycles. The lowest BCUT2D eigenvalue weighted by Gasteiger charge is -2.21. The van der Waals surface area contributed by atoms with Crippen LogP contribution in [0, 0.1) is 18.7 Å². The van der Waals surface area contributed by atoms with Crippen molar-refractivity contribution in [3.63, 3.8) is 0 Å². The van der Waals surface area contributed by atoms with Crippen molar-refractivity contribution in [2.75, 3.05) is 5.32 Å². The zero-order valence-corrected chi connectivity index (χ0v) is 17.7. The standard InChI is InChI=1S/C22H23FN6O2/c1-12(2)19(20-13(3)17-11-15(23)8-9-18(17)31-20)25-22(30)24-16-7-5-6-14(10-16)21-26-27-28-29(21)4/h5-12,19H,1-4H3,(H2,24,25,30)/t19-/m1/s1. The quantitative estimate of drug-likeness (QED) is 0.490.